The van der Waals surface area contributed by atoms with Crippen molar-refractivity contribution in [1.29, 1.82) is 0 Å². The molecule has 0 aliphatic carbocycles. The van der Waals surface area contributed by atoms with Gasteiger partial charge in [-0.3, -0.25) is 0 Å². The van der Waals surface area contributed by atoms with Gasteiger partial charge in [-0.15, -0.1) is 0 Å². The van der Waals surface area contributed by atoms with Crippen LogP contribution in [-0.2, 0) is 13.2 Å². The average Bonchev–Trinajstić information content (AvgIpc) is 2.44. The highest BCUT2D eigenvalue weighted by Crippen LogP contribution is 2.05. The Bertz CT molecular complexity index is 411. The molecule has 0 saturated carbocycles. The summed E-state index contributed by atoms with van der Waals surface area (Å²) in [5, 5.41) is 29.6. The number of carbonyl (C=O) groups is 1. The Morgan fingerprint density at radius 1 is 1.37 bits per heavy atom. The van der Waals surface area contributed by atoms with Crippen molar-refractivity contribution < 1.29 is 20.1 Å². The lowest BCUT2D eigenvalue weighted by molar-refractivity contribution is 0.0732. The maximum absolute atomic E-state index is 11.7. The van der Waals surface area contributed by atoms with E-state index in [0.717, 1.165) is 11.1 Å². The normalized spacial score (nSPS) is 12.0. The summed E-state index contributed by atoms with van der Waals surface area (Å²) in [5.41, 5.74) is 1.67. The number of amides is 2. The van der Waals surface area contributed by atoms with E-state index in [0.29, 0.717) is 6.54 Å². The van der Waals surface area contributed by atoms with Crippen LogP contribution >= 0.6 is 0 Å². The number of hydrogen-bond acceptors (Lipinski definition) is 4. The predicted octanol–water partition coefficient (Wildman–Crippen LogP) is -0.327. The van der Waals surface area contributed by atoms with Gasteiger partial charge in [0.15, 0.2) is 0 Å². The summed E-state index contributed by atoms with van der Waals surface area (Å²) in [6.07, 6.45) is -0.937. The lowest BCUT2D eigenvalue weighted by Gasteiger charge is -2.20. The maximum atomic E-state index is 11.7. The average molecular weight is 268 g/mol. The van der Waals surface area contributed by atoms with Crippen molar-refractivity contribution in [3.63, 3.8) is 0 Å². The lowest BCUT2D eigenvalue weighted by atomic mass is 10.1. The molecule has 1 rings (SSSR count). The molecule has 0 saturated heterocycles. The van der Waals surface area contributed by atoms with Crippen LogP contribution in [0.15, 0.2) is 24.3 Å². The van der Waals surface area contributed by atoms with Gasteiger partial charge in [0, 0.05) is 13.6 Å². The standard InChI is InChI=1S/C13H20N2O4/c1-15(7-12(18)9-17)13(19)14-6-10-3-2-4-11(5-10)8-16/h2-5,12,16-18H,6-9H2,1H3,(H,14,19)/t12-/m0/s1. The van der Waals surface area contributed by atoms with Gasteiger partial charge in [-0.2, -0.15) is 0 Å². The molecule has 1 aromatic carbocycles. The van der Waals surface area contributed by atoms with Gasteiger partial charge in [0.1, 0.15) is 0 Å². The van der Waals surface area contributed by atoms with Gasteiger partial charge >= 0.3 is 6.03 Å². The zero-order valence-electron chi connectivity index (χ0n) is 10.9. The molecule has 19 heavy (non-hydrogen) atoms. The number of aliphatic hydroxyl groups excluding tert-OH is 3. The fourth-order valence-corrected chi connectivity index (χ4v) is 1.61. The van der Waals surface area contributed by atoms with Crippen LogP contribution in [0.4, 0.5) is 4.79 Å². The van der Waals surface area contributed by atoms with Crippen LogP contribution in [0.5, 0.6) is 0 Å². The Morgan fingerprint density at radius 3 is 2.68 bits per heavy atom. The van der Waals surface area contributed by atoms with E-state index >= 15 is 0 Å². The number of likely N-dealkylation sites (N-methyl/N-ethyl adjacent to an activating group) is 1. The third-order valence-corrected chi connectivity index (χ3v) is 2.66. The fourth-order valence-electron chi connectivity index (χ4n) is 1.61. The molecule has 1 aromatic rings. The number of urea groups is 1. The topological polar surface area (TPSA) is 93.0 Å². The van der Waals surface area contributed by atoms with Crippen molar-refractivity contribution in [2.75, 3.05) is 20.2 Å². The second kappa shape index (κ2) is 7.73. The van der Waals surface area contributed by atoms with E-state index in [1.54, 1.807) is 13.1 Å². The van der Waals surface area contributed by atoms with Crippen LogP contribution in [-0.4, -0.2) is 52.6 Å². The highest BCUT2D eigenvalue weighted by atomic mass is 16.3. The first kappa shape index (κ1) is 15.4. The molecule has 106 valence electrons. The third-order valence-electron chi connectivity index (χ3n) is 2.66. The molecule has 2 amide bonds. The molecule has 0 radical (unpaired) electrons. The number of nitrogens with one attached hydrogen (secondary N) is 1. The molecule has 0 fully saturated rings. The number of aliphatic hydroxyl groups is 3. The molecule has 0 aliphatic rings. The van der Waals surface area contributed by atoms with Crippen molar-refractivity contribution in [1.82, 2.24) is 10.2 Å². The summed E-state index contributed by atoms with van der Waals surface area (Å²) in [4.78, 5) is 13.0. The Kier molecular flexibility index (Phi) is 6.27. The maximum Gasteiger partial charge on any atom is 0.317 e. The van der Waals surface area contributed by atoms with Crippen molar-refractivity contribution in [3.8, 4) is 0 Å². The van der Waals surface area contributed by atoms with E-state index in [1.807, 2.05) is 18.2 Å². The molecule has 0 bridgehead atoms. The number of rotatable bonds is 6. The minimum absolute atomic E-state index is 0.0373. The lowest BCUT2D eigenvalue weighted by Crippen LogP contribution is -2.41. The first-order valence-corrected chi connectivity index (χ1v) is 6.03. The second-order valence-electron chi connectivity index (χ2n) is 4.35. The number of benzene rings is 1. The van der Waals surface area contributed by atoms with Crippen LogP contribution < -0.4 is 5.32 Å². The minimum Gasteiger partial charge on any atom is -0.394 e. The van der Waals surface area contributed by atoms with Crippen LogP contribution in [0.3, 0.4) is 0 Å². The van der Waals surface area contributed by atoms with Crippen LogP contribution in [0.1, 0.15) is 11.1 Å². The van der Waals surface area contributed by atoms with Gasteiger partial charge in [-0.25, -0.2) is 4.79 Å². The fraction of sp³-hybridized carbons (Fsp3) is 0.462. The van der Waals surface area contributed by atoms with E-state index in [4.69, 9.17) is 10.2 Å². The Balaban J connectivity index is 2.44. The molecule has 0 unspecified atom stereocenters. The molecule has 0 aromatic heterocycles. The summed E-state index contributed by atoms with van der Waals surface area (Å²) in [6.45, 7) is -0.00814. The van der Waals surface area contributed by atoms with Crippen molar-refractivity contribution in [3.05, 3.63) is 35.4 Å². The first-order chi connectivity index (χ1) is 9.06. The molecule has 6 nitrogen and oxygen atoms in total. The number of carbonyl (C=O) groups excluding carboxylic acids is 1. The summed E-state index contributed by atoms with van der Waals surface area (Å²) < 4.78 is 0. The molecule has 0 spiro atoms. The van der Waals surface area contributed by atoms with Crippen LogP contribution in [0.25, 0.3) is 0 Å². The van der Waals surface area contributed by atoms with E-state index in [9.17, 15) is 9.90 Å². The highest BCUT2D eigenvalue weighted by molar-refractivity contribution is 5.73. The quantitative estimate of drug-likeness (QED) is 0.568. The molecule has 0 heterocycles. The third kappa shape index (κ3) is 5.25. The Morgan fingerprint density at radius 2 is 2.05 bits per heavy atom. The van der Waals surface area contributed by atoms with Crippen molar-refractivity contribution >= 4 is 6.03 Å². The predicted molar refractivity (Wildman–Crippen MR) is 70.3 cm³/mol. The van der Waals surface area contributed by atoms with E-state index in [-0.39, 0.29) is 25.8 Å². The van der Waals surface area contributed by atoms with Crippen molar-refractivity contribution in [2.45, 2.75) is 19.3 Å². The highest BCUT2D eigenvalue weighted by Gasteiger charge is 2.12. The summed E-state index contributed by atoms with van der Waals surface area (Å²) in [7, 11) is 1.54. The number of hydrogen-bond donors (Lipinski definition) is 4. The van der Waals surface area contributed by atoms with Crippen molar-refractivity contribution in [2.24, 2.45) is 0 Å². The SMILES string of the molecule is CN(C[C@H](O)CO)C(=O)NCc1cccc(CO)c1. The zero-order chi connectivity index (χ0) is 14.3. The second-order valence-corrected chi connectivity index (χ2v) is 4.35. The van der Waals surface area contributed by atoms with E-state index in [1.165, 1.54) is 4.90 Å². The van der Waals surface area contributed by atoms with E-state index < -0.39 is 6.10 Å². The van der Waals surface area contributed by atoms with Gasteiger partial charge in [-0.05, 0) is 11.1 Å². The molecular weight excluding hydrogens is 248 g/mol. The smallest absolute Gasteiger partial charge is 0.317 e. The van der Waals surface area contributed by atoms with Gasteiger partial charge in [0.25, 0.3) is 0 Å². The molecule has 4 N–H and O–H groups in total. The van der Waals surface area contributed by atoms with Gasteiger partial charge in [-0.1, -0.05) is 24.3 Å². The minimum atomic E-state index is -0.937. The Hall–Kier alpha value is -1.63. The van der Waals surface area contributed by atoms with E-state index in [2.05, 4.69) is 5.32 Å². The van der Waals surface area contributed by atoms with Crippen LogP contribution in [0.2, 0.25) is 0 Å². The summed E-state index contributed by atoms with van der Waals surface area (Å²) in [5.74, 6) is 0. The molecular formula is C13H20N2O4. The van der Waals surface area contributed by atoms with Gasteiger partial charge in [0.05, 0.1) is 25.9 Å². The monoisotopic (exact) mass is 268 g/mol. The summed E-state index contributed by atoms with van der Waals surface area (Å²) in [6, 6.07) is 6.94. The number of nitrogens with zero attached hydrogens (tertiary/aromatic N) is 1. The Labute approximate surface area is 112 Å². The summed E-state index contributed by atoms with van der Waals surface area (Å²) >= 11 is 0. The first-order valence-electron chi connectivity index (χ1n) is 6.03. The molecule has 0 aliphatic heterocycles. The van der Waals surface area contributed by atoms with Gasteiger partial charge in [0.2, 0.25) is 0 Å². The van der Waals surface area contributed by atoms with Crippen LogP contribution in [0, 0.1) is 0 Å². The largest absolute Gasteiger partial charge is 0.394 e. The zero-order valence-corrected chi connectivity index (χ0v) is 10.9. The molecule has 1 atom stereocenters. The molecule has 6 heteroatoms. The van der Waals surface area contributed by atoms with Gasteiger partial charge < -0.3 is 25.5 Å².